The van der Waals surface area contributed by atoms with Crippen LogP contribution in [0, 0.1) is 20.2 Å². The lowest BCUT2D eigenvalue weighted by atomic mass is 10.0. The van der Waals surface area contributed by atoms with Gasteiger partial charge < -0.3 is 4.74 Å². The molecule has 0 amide bonds. The zero-order chi connectivity index (χ0) is 25.3. The lowest BCUT2D eigenvalue weighted by Crippen LogP contribution is -1.94. The van der Waals surface area contributed by atoms with Crippen LogP contribution in [0.4, 0.5) is 11.4 Å². The Morgan fingerprint density at radius 1 is 0.543 bits per heavy atom. The number of rotatable bonds is 6. The van der Waals surface area contributed by atoms with E-state index < -0.39 is 9.85 Å². The molecule has 0 bridgehead atoms. The summed E-state index contributed by atoms with van der Waals surface area (Å²) in [7, 11) is 0. The van der Waals surface area contributed by atoms with E-state index in [4.69, 9.17) is 51.1 Å². The van der Waals surface area contributed by atoms with Gasteiger partial charge in [0.25, 0.3) is 11.4 Å². The molecule has 176 valence electrons. The highest BCUT2D eigenvalue weighted by molar-refractivity contribution is 6.35. The standard InChI is InChI=1S/C24H12Cl4N2O5/c25-13-1-7-23(19(9-13)17-5-3-15(29(31)32)11-21(17)27)35-24-8-2-14(26)10-20(24)18-6-4-16(30(33)34)12-22(18)28/h1-12H. The van der Waals surface area contributed by atoms with Gasteiger partial charge in [-0.1, -0.05) is 46.4 Å². The van der Waals surface area contributed by atoms with E-state index in [1.807, 2.05) is 0 Å². The summed E-state index contributed by atoms with van der Waals surface area (Å²) >= 11 is 25.1. The number of non-ortho nitro benzene ring substituents is 2. The van der Waals surface area contributed by atoms with Gasteiger partial charge in [0.15, 0.2) is 0 Å². The van der Waals surface area contributed by atoms with Crippen LogP contribution in [0.3, 0.4) is 0 Å². The molecule has 7 nitrogen and oxygen atoms in total. The largest absolute Gasteiger partial charge is 0.456 e. The van der Waals surface area contributed by atoms with Gasteiger partial charge in [0.05, 0.1) is 19.9 Å². The number of benzene rings is 4. The Morgan fingerprint density at radius 3 is 1.29 bits per heavy atom. The van der Waals surface area contributed by atoms with Crippen LogP contribution in [0.1, 0.15) is 0 Å². The minimum absolute atomic E-state index is 0.140. The van der Waals surface area contributed by atoms with Crippen LogP contribution in [0.25, 0.3) is 22.3 Å². The molecule has 4 aromatic carbocycles. The first-order chi connectivity index (χ1) is 16.6. The summed E-state index contributed by atoms with van der Waals surface area (Å²) in [6.45, 7) is 0. The Hall–Kier alpha value is -3.36. The first kappa shape index (κ1) is 24.8. The van der Waals surface area contributed by atoms with Gasteiger partial charge >= 0.3 is 0 Å². The van der Waals surface area contributed by atoms with Crippen LogP contribution in [0.2, 0.25) is 20.1 Å². The third kappa shape index (κ3) is 5.33. The van der Waals surface area contributed by atoms with Gasteiger partial charge in [-0.25, -0.2) is 0 Å². The van der Waals surface area contributed by atoms with Gasteiger partial charge in [-0.2, -0.15) is 0 Å². The molecule has 0 N–H and O–H groups in total. The van der Waals surface area contributed by atoms with Gasteiger partial charge in [-0.15, -0.1) is 0 Å². The minimum atomic E-state index is -0.543. The molecule has 35 heavy (non-hydrogen) atoms. The summed E-state index contributed by atoms with van der Waals surface area (Å²) in [5.41, 5.74) is 1.62. The maximum Gasteiger partial charge on any atom is 0.270 e. The molecule has 0 aliphatic carbocycles. The normalized spacial score (nSPS) is 10.7. The predicted octanol–water partition coefficient (Wildman–Crippen LogP) is 9.24. The molecule has 0 saturated heterocycles. The van der Waals surface area contributed by atoms with Crippen molar-refractivity contribution in [3.05, 3.63) is 113 Å². The van der Waals surface area contributed by atoms with Gasteiger partial charge in [0.2, 0.25) is 0 Å². The summed E-state index contributed by atoms with van der Waals surface area (Å²) in [5, 5.41) is 23.3. The van der Waals surface area contributed by atoms with Crippen LogP contribution in [-0.2, 0) is 0 Å². The van der Waals surface area contributed by atoms with Crippen molar-refractivity contribution in [2.24, 2.45) is 0 Å². The van der Waals surface area contributed by atoms with Crippen LogP contribution in [-0.4, -0.2) is 9.85 Å². The first-order valence-electron chi connectivity index (χ1n) is 9.79. The highest BCUT2D eigenvalue weighted by Crippen LogP contribution is 2.44. The van der Waals surface area contributed by atoms with E-state index in [0.717, 1.165) is 0 Å². The number of hydrogen-bond donors (Lipinski definition) is 0. The Labute approximate surface area is 218 Å². The van der Waals surface area contributed by atoms with Crippen molar-refractivity contribution in [1.82, 2.24) is 0 Å². The molecule has 0 aliphatic heterocycles. The highest BCUT2D eigenvalue weighted by Gasteiger charge is 2.19. The molecule has 0 atom stereocenters. The Bertz CT molecular complexity index is 1380. The van der Waals surface area contributed by atoms with Gasteiger partial charge in [0, 0.05) is 56.6 Å². The lowest BCUT2D eigenvalue weighted by Gasteiger charge is -2.16. The summed E-state index contributed by atoms with van der Waals surface area (Å²) in [6, 6.07) is 17.9. The van der Waals surface area contributed by atoms with Gasteiger partial charge in [-0.05, 0) is 48.5 Å². The second kappa shape index (κ2) is 10.1. The molecule has 0 aromatic heterocycles. The topological polar surface area (TPSA) is 95.5 Å². The molecule has 0 heterocycles. The lowest BCUT2D eigenvalue weighted by molar-refractivity contribution is -0.385. The molecule has 11 heteroatoms. The van der Waals surface area contributed by atoms with Crippen molar-refractivity contribution in [1.29, 1.82) is 0 Å². The van der Waals surface area contributed by atoms with Gasteiger partial charge in [0.1, 0.15) is 11.5 Å². The van der Waals surface area contributed by atoms with Gasteiger partial charge in [-0.3, -0.25) is 20.2 Å². The van der Waals surface area contributed by atoms with Crippen molar-refractivity contribution >= 4 is 57.8 Å². The average molecular weight is 550 g/mol. The third-order valence-electron chi connectivity index (χ3n) is 5.01. The van der Waals surface area contributed by atoms with E-state index in [1.165, 1.54) is 36.4 Å². The number of nitrogens with zero attached hydrogens (tertiary/aromatic N) is 2. The van der Waals surface area contributed by atoms with Crippen molar-refractivity contribution in [2.45, 2.75) is 0 Å². The van der Waals surface area contributed by atoms with Crippen LogP contribution in [0.15, 0.2) is 72.8 Å². The molecule has 0 saturated carbocycles. The second-order valence-electron chi connectivity index (χ2n) is 7.23. The number of ether oxygens (including phenoxy) is 1. The van der Waals surface area contributed by atoms with E-state index in [2.05, 4.69) is 0 Å². The molecule has 4 aromatic rings. The number of hydrogen-bond acceptors (Lipinski definition) is 5. The average Bonchev–Trinajstić information content (AvgIpc) is 2.81. The van der Waals surface area contributed by atoms with Crippen LogP contribution < -0.4 is 4.74 Å². The quantitative estimate of drug-likeness (QED) is 0.176. The second-order valence-corrected chi connectivity index (χ2v) is 8.91. The monoisotopic (exact) mass is 548 g/mol. The van der Waals surface area contributed by atoms with E-state index >= 15 is 0 Å². The molecule has 0 unspecified atom stereocenters. The highest BCUT2D eigenvalue weighted by atomic mass is 35.5. The zero-order valence-electron chi connectivity index (χ0n) is 17.4. The van der Waals surface area contributed by atoms with E-state index in [1.54, 1.807) is 36.4 Å². The third-order valence-corrected chi connectivity index (χ3v) is 6.11. The van der Waals surface area contributed by atoms with Crippen LogP contribution in [0.5, 0.6) is 11.5 Å². The van der Waals surface area contributed by atoms with Crippen molar-refractivity contribution in [3.63, 3.8) is 0 Å². The molecule has 4 rings (SSSR count). The number of halogens is 4. The number of nitro groups is 2. The van der Waals surface area contributed by atoms with Crippen molar-refractivity contribution in [2.75, 3.05) is 0 Å². The fraction of sp³-hybridized carbons (Fsp3) is 0. The van der Waals surface area contributed by atoms with Crippen LogP contribution >= 0.6 is 46.4 Å². The predicted molar refractivity (Wildman–Crippen MR) is 137 cm³/mol. The Kier molecular flexibility index (Phi) is 7.14. The van der Waals surface area contributed by atoms with Crippen molar-refractivity contribution in [3.8, 4) is 33.8 Å². The maximum absolute atomic E-state index is 11.1. The molecular formula is C24H12Cl4N2O5. The molecule has 0 radical (unpaired) electrons. The maximum atomic E-state index is 11.1. The minimum Gasteiger partial charge on any atom is -0.456 e. The summed E-state index contributed by atoms with van der Waals surface area (Å²) in [6.07, 6.45) is 0. The molecule has 0 fully saturated rings. The smallest absolute Gasteiger partial charge is 0.270 e. The van der Waals surface area contributed by atoms with E-state index in [0.29, 0.717) is 43.8 Å². The van der Waals surface area contributed by atoms with E-state index in [-0.39, 0.29) is 21.4 Å². The summed E-state index contributed by atoms with van der Waals surface area (Å²) < 4.78 is 6.22. The zero-order valence-corrected chi connectivity index (χ0v) is 20.4. The summed E-state index contributed by atoms with van der Waals surface area (Å²) in [5.74, 6) is 0.707. The Balaban J connectivity index is 1.82. The summed E-state index contributed by atoms with van der Waals surface area (Å²) in [4.78, 5) is 21.1. The fourth-order valence-electron chi connectivity index (χ4n) is 3.39. The molecule has 0 spiro atoms. The SMILES string of the molecule is O=[N+]([O-])c1ccc(-c2cc(Cl)ccc2Oc2ccc(Cl)cc2-c2ccc([N+](=O)[O-])cc2Cl)c(Cl)c1. The molecular weight excluding hydrogens is 538 g/mol. The Morgan fingerprint density at radius 2 is 0.943 bits per heavy atom. The molecule has 0 aliphatic rings. The first-order valence-corrected chi connectivity index (χ1v) is 11.3. The fourth-order valence-corrected chi connectivity index (χ4v) is 4.29. The van der Waals surface area contributed by atoms with Crippen molar-refractivity contribution < 1.29 is 14.6 Å². The number of nitro benzene ring substituents is 2. The van der Waals surface area contributed by atoms with E-state index in [9.17, 15) is 20.2 Å².